The molecule has 1 aromatic rings. The lowest BCUT2D eigenvalue weighted by Crippen LogP contribution is -2.36. The summed E-state index contributed by atoms with van der Waals surface area (Å²) in [4.78, 5) is 27.5. The van der Waals surface area contributed by atoms with Crippen LogP contribution in [0.2, 0.25) is 5.02 Å². The molecule has 0 spiro atoms. The molecule has 1 amide bonds. The molecule has 0 radical (unpaired) electrons. The second-order valence-electron chi connectivity index (χ2n) is 3.23. The Kier molecular flexibility index (Phi) is 4.66. The number of aromatic nitrogens is 1. The van der Waals surface area contributed by atoms with E-state index in [0.29, 0.717) is 5.02 Å². The molecule has 1 N–H and O–H groups in total. The van der Waals surface area contributed by atoms with Gasteiger partial charge in [0.2, 0.25) is 0 Å². The van der Waals surface area contributed by atoms with Crippen molar-refractivity contribution in [2.75, 3.05) is 13.1 Å². The highest BCUT2D eigenvalue weighted by molar-refractivity contribution is 6.30. The Labute approximate surface area is 103 Å². The molecular formula is C11H11ClN2O3. The fourth-order valence-corrected chi connectivity index (χ4v) is 1.38. The number of carbonyl (C=O) groups is 2. The number of carboxylic acid groups (broad SMARTS) is 1. The lowest BCUT2D eigenvalue weighted by molar-refractivity contribution is -0.137. The predicted octanol–water partition coefficient (Wildman–Crippen LogP) is 1.45. The second kappa shape index (κ2) is 6.00. The summed E-state index contributed by atoms with van der Waals surface area (Å²) in [6.07, 6.45) is 2.84. The van der Waals surface area contributed by atoms with Gasteiger partial charge in [-0.2, -0.15) is 0 Å². The van der Waals surface area contributed by atoms with Gasteiger partial charge in [0.05, 0.1) is 0 Å². The molecule has 1 aromatic heterocycles. The summed E-state index contributed by atoms with van der Waals surface area (Å²) in [5.74, 6) is -1.59. The number of aliphatic carboxylic acids is 1. The summed E-state index contributed by atoms with van der Waals surface area (Å²) in [5, 5.41) is 9.06. The maximum atomic E-state index is 11.9. The van der Waals surface area contributed by atoms with E-state index >= 15 is 0 Å². The minimum absolute atomic E-state index is 0.112. The van der Waals surface area contributed by atoms with Crippen LogP contribution in [0, 0.1) is 0 Å². The molecule has 0 unspecified atom stereocenters. The number of carboxylic acids is 1. The summed E-state index contributed by atoms with van der Waals surface area (Å²) < 4.78 is 0. The lowest BCUT2D eigenvalue weighted by Gasteiger charge is -2.18. The Morgan fingerprint density at radius 3 is 2.82 bits per heavy atom. The van der Waals surface area contributed by atoms with E-state index in [-0.39, 0.29) is 12.2 Å². The molecule has 1 heterocycles. The van der Waals surface area contributed by atoms with Gasteiger partial charge in [-0.25, -0.2) is 0 Å². The minimum atomic E-state index is -1.10. The smallest absolute Gasteiger partial charge is 0.323 e. The molecule has 0 saturated carbocycles. The van der Waals surface area contributed by atoms with Gasteiger partial charge in [0.25, 0.3) is 5.91 Å². The van der Waals surface area contributed by atoms with Crippen molar-refractivity contribution in [1.82, 2.24) is 9.88 Å². The summed E-state index contributed by atoms with van der Waals surface area (Å²) >= 11 is 5.73. The molecule has 5 nitrogen and oxygen atoms in total. The molecule has 0 bridgehead atoms. The van der Waals surface area contributed by atoms with Crippen molar-refractivity contribution >= 4 is 23.5 Å². The van der Waals surface area contributed by atoms with E-state index in [0.717, 1.165) is 4.90 Å². The molecule has 0 aliphatic carbocycles. The number of hydrogen-bond acceptors (Lipinski definition) is 3. The van der Waals surface area contributed by atoms with Gasteiger partial charge in [-0.15, -0.1) is 6.58 Å². The van der Waals surface area contributed by atoms with Crippen LogP contribution in [-0.4, -0.2) is 40.0 Å². The summed E-state index contributed by atoms with van der Waals surface area (Å²) in [6, 6.07) is 2.93. The van der Waals surface area contributed by atoms with Crippen LogP contribution in [0.1, 0.15) is 10.5 Å². The van der Waals surface area contributed by atoms with Crippen LogP contribution in [0.15, 0.2) is 31.0 Å². The first-order chi connectivity index (χ1) is 8.04. The first-order valence-electron chi connectivity index (χ1n) is 4.78. The fourth-order valence-electron chi connectivity index (χ4n) is 1.22. The van der Waals surface area contributed by atoms with Gasteiger partial charge in [0, 0.05) is 17.8 Å². The topological polar surface area (TPSA) is 70.5 Å². The van der Waals surface area contributed by atoms with Crippen LogP contribution >= 0.6 is 11.6 Å². The number of rotatable bonds is 5. The quantitative estimate of drug-likeness (QED) is 0.808. The van der Waals surface area contributed by atoms with E-state index in [2.05, 4.69) is 11.6 Å². The monoisotopic (exact) mass is 254 g/mol. The Balaban J connectivity index is 2.90. The van der Waals surface area contributed by atoms with Crippen LogP contribution in [-0.2, 0) is 4.79 Å². The highest BCUT2D eigenvalue weighted by Crippen LogP contribution is 2.10. The summed E-state index contributed by atoms with van der Waals surface area (Å²) in [5.41, 5.74) is 0.112. The average Bonchev–Trinajstić information content (AvgIpc) is 2.27. The van der Waals surface area contributed by atoms with Crippen molar-refractivity contribution in [3.05, 3.63) is 41.7 Å². The molecule has 0 aliphatic heterocycles. The van der Waals surface area contributed by atoms with Crippen LogP contribution in [0.25, 0.3) is 0 Å². The average molecular weight is 255 g/mol. The van der Waals surface area contributed by atoms with Gasteiger partial charge in [-0.1, -0.05) is 17.7 Å². The van der Waals surface area contributed by atoms with Crippen LogP contribution in [0.3, 0.4) is 0 Å². The third kappa shape index (κ3) is 3.88. The molecule has 0 aromatic carbocycles. The van der Waals surface area contributed by atoms with Gasteiger partial charge >= 0.3 is 5.97 Å². The van der Waals surface area contributed by atoms with Crippen LogP contribution in [0.4, 0.5) is 0 Å². The van der Waals surface area contributed by atoms with Crippen molar-refractivity contribution in [3.8, 4) is 0 Å². The Hall–Kier alpha value is -1.88. The van der Waals surface area contributed by atoms with Crippen LogP contribution in [0.5, 0.6) is 0 Å². The van der Waals surface area contributed by atoms with E-state index < -0.39 is 18.4 Å². The lowest BCUT2D eigenvalue weighted by atomic mass is 10.3. The van der Waals surface area contributed by atoms with E-state index in [1.165, 1.54) is 24.4 Å². The van der Waals surface area contributed by atoms with E-state index in [1.54, 1.807) is 0 Å². The standard InChI is InChI=1S/C11H11ClN2O3/c1-2-5-14(7-10(15)16)11(17)9-6-8(12)3-4-13-9/h2-4,6H,1,5,7H2,(H,15,16). The normalized spacial score (nSPS) is 9.71. The molecule has 90 valence electrons. The number of pyridine rings is 1. The first kappa shape index (κ1) is 13.2. The van der Waals surface area contributed by atoms with E-state index in [9.17, 15) is 9.59 Å². The molecular weight excluding hydrogens is 244 g/mol. The molecule has 0 fully saturated rings. The Morgan fingerprint density at radius 2 is 2.29 bits per heavy atom. The van der Waals surface area contributed by atoms with Gasteiger partial charge in [0.15, 0.2) is 0 Å². The summed E-state index contributed by atoms with van der Waals surface area (Å²) in [7, 11) is 0. The molecule has 17 heavy (non-hydrogen) atoms. The zero-order valence-electron chi connectivity index (χ0n) is 8.97. The van der Waals surface area contributed by atoms with Gasteiger partial charge in [-0.3, -0.25) is 14.6 Å². The first-order valence-corrected chi connectivity index (χ1v) is 5.16. The Morgan fingerprint density at radius 1 is 1.59 bits per heavy atom. The third-order valence-corrected chi connectivity index (χ3v) is 2.14. The number of hydrogen-bond donors (Lipinski definition) is 1. The highest BCUT2D eigenvalue weighted by Gasteiger charge is 2.18. The largest absolute Gasteiger partial charge is 0.480 e. The van der Waals surface area contributed by atoms with Crippen molar-refractivity contribution in [3.63, 3.8) is 0 Å². The SMILES string of the molecule is C=CCN(CC(=O)O)C(=O)c1cc(Cl)ccn1. The fraction of sp³-hybridized carbons (Fsp3) is 0.182. The molecule has 0 saturated heterocycles. The number of carbonyl (C=O) groups excluding carboxylic acids is 1. The third-order valence-electron chi connectivity index (χ3n) is 1.90. The summed E-state index contributed by atoms with van der Waals surface area (Å²) in [6.45, 7) is 3.20. The van der Waals surface area contributed by atoms with Crippen molar-refractivity contribution in [2.45, 2.75) is 0 Å². The van der Waals surface area contributed by atoms with E-state index in [1.807, 2.05) is 0 Å². The van der Waals surface area contributed by atoms with Crippen LogP contribution < -0.4 is 0 Å². The maximum absolute atomic E-state index is 11.9. The predicted molar refractivity (Wildman–Crippen MR) is 63.0 cm³/mol. The van der Waals surface area contributed by atoms with Crippen molar-refractivity contribution in [2.24, 2.45) is 0 Å². The number of amides is 1. The van der Waals surface area contributed by atoms with Gasteiger partial charge < -0.3 is 10.0 Å². The molecule has 1 rings (SSSR count). The van der Waals surface area contributed by atoms with Gasteiger partial charge in [0.1, 0.15) is 12.2 Å². The molecule has 0 aliphatic rings. The zero-order valence-corrected chi connectivity index (χ0v) is 9.72. The second-order valence-corrected chi connectivity index (χ2v) is 3.66. The molecule has 6 heteroatoms. The van der Waals surface area contributed by atoms with Gasteiger partial charge in [-0.05, 0) is 12.1 Å². The molecule has 0 atom stereocenters. The highest BCUT2D eigenvalue weighted by atomic mass is 35.5. The Bertz CT molecular complexity index is 448. The maximum Gasteiger partial charge on any atom is 0.323 e. The van der Waals surface area contributed by atoms with Crippen molar-refractivity contribution < 1.29 is 14.7 Å². The van der Waals surface area contributed by atoms with Crippen molar-refractivity contribution in [1.29, 1.82) is 0 Å². The minimum Gasteiger partial charge on any atom is -0.480 e. The number of nitrogens with zero attached hydrogens (tertiary/aromatic N) is 2. The van der Waals surface area contributed by atoms with E-state index in [4.69, 9.17) is 16.7 Å². The number of halogens is 1. The zero-order chi connectivity index (χ0) is 12.8.